The van der Waals surface area contributed by atoms with Crippen LogP contribution in [0.1, 0.15) is 0 Å². The highest BCUT2D eigenvalue weighted by molar-refractivity contribution is 6.13. The number of para-hydroxylation sites is 4. The highest BCUT2D eigenvalue weighted by atomic mass is 15.1. The lowest BCUT2D eigenvalue weighted by Gasteiger charge is -2.11. The second-order valence-electron chi connectivity index (χ2n) is 14.9. The van der Waals surface area contributed by atoms with Crippen LogP contribution in [0, 0.1) is 0 Å². The van der Waals surface area contributed by atoms with Crippen molar-refractivity contribution in [2.75, 3.05) is 0 Å². The molecule has 0 spiro atoms. The van der Waals surface area contributed by atoms with Crippen molar-refractivity contribution in [2.45, 2.75) is 0 Å². The van der Waals surface area contributed by atoms with Gasteiger partial charge in [0.15, 0.2) is 0 Å². The van der Waals surface area contributed by atoms with Crippen molar-refractivity contribution < 1.29 is 0 Å². The second-order valence-corrected chi connectivity index (χ2v) is 14.9. The molecule has 7 nitrogen and oxygen atoms in total. The van der Waals surface area contributed by atoms with Gasteiger partial charge in [-0.3, -0.25) is 9.13 Å². The highest BCUT2D eigenvalue weighted by Crippen LogP contribution is 2.38. The van der Waals surface area contributed by atoms with Crippen LogP contribution in [-0.4, -0.2) is 33.2 Å². The van der Waals surface area contributed by atoms with Gasteiger partial charge in [-0.2, -0.15) is 0 Å². The molecule has 0 saturated carbocycles. The van der Waals surface area contributed by atoms with Gasteiger partial charge in [-0.25, -0.2) is 15.0 Å². The molecule has 7 heterocycles. The van der Waals surface area contributed by atoms with Crippen molar-refractivity contribution in [2.24, 2.45) is 0 Å². The van der Waals surface area contributed by atoms with Gasteiger partial charge in [0, 0.05) is 66.9 Å². The Kier molecular flexibility index (Phi) is 6.32. The van der Waals surface area contributed by atoms with Crippen LogP contribution in [0.4, 0.5) is 0 Å². The van der Waals surface area contributed by atoms with Crippen molar-refractivity contribution in [3.63, 3.8) is 0 Å². The molecule has 0 unspecified atom stereocenters. The molecule has 0 amide bonds. The molecule has 7 heteroatoms. The summed E-state index contributed by atoms with van der Waals surface area (Å²) in [7, 11) is 0. The molecule has 0 aliphatic rings. The minimum Gasteiger partial charge on any atom is -0.309 e. The van der Waals surface area contributed by atoms with Gasteiger partial charge in [-0.1, -0.05) is 72.8 Å². The van der Waals surface area contributed by atoms with Gasteiger partial charge in [0.25, 0.3) is 0 Å². The fourth-order valence-electron chi connectivity index (χ4n) is 9.48. The zero-order chi connectivity index (χ0) is 37.9. The first-order chi connectivity index (χ1) is 28.8. The molecule has 0 bridgehead atoms. The minimum atomic E-state index is 0.800. The summed E-state index contributed by atoms with van der Waals surface area (Å²) in [4.78, 5) is 15.0. The van der Waals surface area contributed by atoms with E-state index in [1.165, 1.54) is 43.6 Å². The van der Waals surface area contributed by atoms with Crippen LogP contribution < -0.4 is 0 Å². The number of nitrogens with zero attached hydrogens (tertiary/aromatic N) is 7. The molecule has 7 aromatic heterocycles. The van der Waals surface area contributed by atoms with E-state index >= 15 is 0 Å². The number of hydrogen-bond donors (Lipinski definition) is 0. The van der Waals surface area contributed by atoms with Crippen LogP contribution in [0.3, 0.4) is 0 Å². The van der Waals surface area contributed by atoms with E-state index in [1.54, 1.807) is 0 Å². The molecular weight excluding hydrogens is 711 g/mol. The summed E-state index contributed by atoms with van der Waals surface area (Å²) in [5.74, 6) is 0.800. The first kappa shape index (κ1) is 31.2. The molecule has 0 atom stereocenters. The average molecular weight is 742 g/mol. The van der Waals surface area contributed by atoms with E-state index in [4.69, 9.17) is 15.0 Å². The summed E-state index contributed by atoms with van der Waals surface area (Å²) < 4.78 is 9.12. The highest BCUT2D eigenvalue weighted by Gasteiger charge is 2.20. The zero-order valence-corrected chi connectivity index (χ0v) is 31.0. The van der Waals surface area contributed by atoms with Gasteiger partial charge in [0.1, 0.15) is 17.1 Å². The number of rotatable bonds is 4. The maximum Gasteiger partial charge on any atom is 0.146 e. The molecule has 0 N–H and O–H groups in total. The van der Waals surface area contributed by atoms with Gasteiger partial charge < -0.3 is 9.13 Å². The number of benzene rings is 6. The van der Waals surface area contributed by atoms with E-state index in [2.05, 4.69) is 176 Å². The third-order valence-corrected chi connectivity index (χ3v) is 11.9. The molecular formula is C51H31N7. The van der Waals surface area contributed by atoms with Crippen LogP contribution >= 0.6 is 0 Å². The van der Waals surface area contributed by atoms with Gasteiger partial charge >= 0.3 is 0 Å². The van der Waals surface area contributed by atoms with E-state index in [0.717, 1.165) is 66.8 Å². The van der Waals surface area contributed by atoms with Crippen molar-refractivity contribution in [3.05, 3.63) is 188 Å². The maximum absolute atomic E-state index is 5.14. The summed E-state index contributed by atoms with van der Waals surface area (Å²) in [5.41, 5.74) is 11.8. The largest absolute Gasteiger partial charge is 0.309 e. The smallest absolute Gasteiger partial charge is 0.146 e. The van der Waals surface area contributed by atoms with Gasteiger partial charge in [-0.05, 0) is 97.1 Å². The molecule has 0 radical (unpaired) electrons. The lowest BCUT2D eigenvalue weighted by Crippen LogP contribution is -2.01. The quantitative estimate of drug-likeness (QED) is 0.180. The number of fused-ring (bicyclic) bond motifs is 12. The van der Waals surface area contributed by atoms with Crippen LogP contribution in [0.2, 0.25) is 0 Å². The lowest BCUT2D eigenvalue weighted by atomic mass is 10.1. The number of hydrogen-bond acceptors (Lipinski definition) is 3. The Morgan fingerprint density at radius 2 is 0.672 bits per heavy atom. The predicted octanol–water partition coefficient (Wildman–Crippen LogP) is 12.3. The topological polar surface area (TPSA) is 58.4 Å². The molecule has 6 aromatic carbocycles. The summed E-state index contributed by atoms with van der Waals surface area (Å²) in [6, 6.07) is 60.6. The molecule has 58 heavy (non-hydrogen) atoms. The standard InChI is InChI=1S/C51H31N7/c1-5-17-43-35(11-1)36-12-2-6-18-44(36)55(43)32-21-24-47-41(29-32)39-15-9-27-52-50(39)57(47)34-23-26-49(54-31-34)58-48-25-22-33(30-42(48)40-16-10-28-53-51(40)58)56-45-19-7-3-13-37(45)38-14-4-8-20-46(38)56/h1-31H. The van der Waals surface area contributed by atoms with Crippen molar-refractivity contribution in [3.8, 4) is 22.9 Å². The third kappa shape index (κ3) is 4.24. The fourth-order valence-corrected chi connectivity index (χ4v) is 9.48. The first-order valence-electron chi connectivity index (χ1n) is 19.5. The summed E-state index contributed by atoms with van der Waals surface area (Å²) >= 11 is 0. The Bertz CT molecular complexity index is 3450. The Labute approximate surface area is 330 Å². The molecule has 13 rings (SSSR count). The zero-order valence-electron chi connectivity index (χ0n) is 31.0. The van der Waals surface area contributed by atoms with Crippen LogP contribution in [0.25, 0.3) is 110 Å². The predicted molar refractivity (Wildman–Crippen MR) is 237 cm³/mol. The Morgan fingerprint density at radius 3 is 1.14 bits per heavy atom. The monoisotopic (exact) mass is 741 g/mol. The van der Waals surface area contributed by atoms with Gasteiger partial charge in [0.2, 0.25) is 0 Å². The van der Waals surface area contributed by atoms with E-state index in [0.29, 0.717) is 0 Å². The van der Waals surface area contributed by atoms with Gasteiger partial charge in [-0.15, -0.1) is 0 Å². The van der Waals surface area contributed by atoms with E-state index in [9.17, 15) is 0 Å². The number of aromatic nitrogens is 7. The Morgan fingerprint density at radius 1 is 0.276 bits per heavy atom. The fraction of sp³-hybridized carbons (Fsp3) is 0. The van der Waals surface area contributed by atoms with Crippen LogP contribution in [0.5, 0.6) is 0 Å². The van der Waals surface area contributed by atoms with Crippen molar-refractivity contribution >= 4 is 87.5 Å². The van der Waals surface area contributed by atoms with Gasteiger partial charge in [0.05, 0.1) is 45.0 Å². The molecule has 270 valence electrons. The Balaban J connectivity index is 0.958. The normalized spacial score (nSPS) is 12.1. The maximum atomic E-state index is 5.14. The summed E-state index contributed by atoms with van der Waals surface area (Å²) in [6.07, 6.45) is 5.68. The molecule has 0 saturated heterocycles. The Hall–Kier alpha value is -8.03. The summed E-state index contributed by atoms with van der Waals surface area (Å²) in [5, 5.41) is 9.41. The summed E-state index contributed by atoms with van der Waals surface area (Å²) in [6.45, 7) is 0. The molecule has 13 aromatic rings. The number of pyridine rings is 3. The van der Waals surface area contributed by atoms with E-state index in [-0.39, 0.29) is 0 Å². The molecule has 0 aliphatic heterocycles. The molecule has 0 fully saturated rings. The van der Waals surface area contributed by atoms with Crippen molar-refractivity contribution in [1.29, 1.82) is 0 Å². The first-order valence-corrected chi connectivity index (χ1v) is 19.5. The average Bonchev–Trinajstić information content (AvgIpc) is 4.01. The van der Waals surface area contributed by atoms with E-state index in [1.807, 2.05) is 30.7 Å². The third-order valence-electron chi connectivity index (χ3n) is 11.9. The van der Waals surface area contributed by atoms with E-state index < -0.39 is 0 Å². The lowest BCUT2D eigenvalue weighted by molar-refractivity contribution is 1.03. The van der Waals surface area contributed by atoms with Crippen LogP contribution in [0.15, 0.2) is 188 Å². The van der Waals surface area contributed by atoms with Crippen molar-refractivity contribution in [1.82, 2.24) is 33.2 Å². The van der Waals surface area contributed by atoms with Crippen LogP contribution in [-0.2, 0) is 0 Å². The minimum absolute atomic E-state index is 0.800. The second kappa shape index (κ2) is 11.7. The SMILES string of the molecule is c1ccc2c(c1)c1ccccc1n2-c1ccc2c(c1)c1cccnc1n2-c1ccc(-n2c3ccc(-n4c5ccccc5c5ccccc54)cc3c3cccnc32)nc1. The molecule has 0 aliphatic carbocycles.